The van der Waals surface area contributed by atoms with Crippen molar-refractivity contribution in [3.05, 3.63) is 12.2 Å². The van der Waals surface area contributed by atoms with Crippen LogP contribution < -0.4 is 0 Å². The molecule has 1 saturated heterocycles. The standard InChI is InChI=1S/C12H23N/c1-12(2)8-4-7-11-13-9-5-3-6-10-13/h4,8,12H,3,5-7,9-11H2,1-2H3/b8-4+. The van der Waals surface area contributed by atoms with Crippen LogP contribution in [0, 0.1) is 5.92 Å². The van der Waals surface area contributed by atoms with Crippen LogP contribution in [0.5, 0.6) is 0 Å². The molecule has 1 rings (SSSR count). The molecule has 1 nitrogen and oxygen atoms in total. The van der Waals surface area contributed by atoms with Crippen LogP contribution >= 0.6 is 0 Å². The number of piperidine rings is 1. The minimum absolute atomic E-state index is 0.710. The van der Waals surface area contributed by atoms with Crippen molar-refractivity contribution in [2.75, 3.05) is 19.6 Å². The first kappa shape index (κ1) is 10.8. The molecule has 0 unspecified atom stereocenters. The fraction of sp³-hybridized carbons (Fsp3) is 0.833. The first-order chi connectivity index (χ1) is 6.29. The van der Waals surface area contributed by atoms with Gasteiger partial charge in [0.2, 0.25) is 0 Å². The van der Waals surface area contributed by atoms with Crippen LogP contribution in [-0.2, 0) is 0 Å². The monoisotopic (exact) mass is 181 g/mol. The van der Waals surface area contributed by atoms with E-state index in [2.05, 4.69) is 30.9 Å². The average molecular weight is 181 g/mol. The summed E-state index contributed by atoms with van der Waals surface area (Å²) in [6.45, 7) is 8.39. The predicted octanol–water partition coefficient (Wildman–Crippen LogP) is 3.07. The summed E-state index contributed by atoms with van der Waals surface area (Å²) in [6, 6.07) is 0. The Bertz CT molecular complexity index is 143. The maximum atomic E-state index is 2.59. The molecule has 0 aliphatic carbocycles. The van der Waals surface area contributed by atoms with E-state index in [1.807, 2.05) is 0 Å². The van der Waals surface area contributed by atoms with Gasteiger partial charge in [0.25, 0.3) is 0 Å². The summed E-state index contributed by atoms with van der Waals surface area (Å²) in [6.07, 6.45) is 10.1. The van der Waals surface area contributed by atoms with E-state index < -0.39 is 0 Å². The Labute approximate surface area is 82.8 Å². The quantitative estimate of drug-likeness (QED) is 0.602. The third-order valence-electron chi connectivity index (χ3n) is 2.58. The number of hydrogen-bond acceptors (Lipinski definition) is 1. The Hall–Kier alpha value is -0.300. The first-order valence-corrected chi connectivity index (χ1v) is 5.68. The summed E-state index contributed by atoms with van der Waals surface area (Å²) in [5.74, 6) is 0.710. The number of likely N-dealkylation sites (tertiary alicyclic amines) is 1. The summed E-state index contributed by atoms with van der Waals surface area (Å²) < 4.78 is 0. The van der Waals surface area contributed by atoms with Gasteiger partial charge in [0.1, 0.15) is 0 Å². The second-order valence-electron chi connectivity index (χ2n) is 4.36. The van der Waals surface area contributed by atoms with E-state index in [1.54, 1.807) is 0 Å². The molecule has 13 heavy (non-hydrogen) atoms. The zero-order valence-corrected chi connectivity index (χ0v) is 9.13. The number of hydrogen-bond donors (Lipinski definition) is 0. The van der Waals surface area contributed by atoms with Crippen LogP contribution in [-0.4, -0.2) is 24.5 Å². The van der Waals surface area contributed by atoms with E-state index in [0.29, 0.717) is 5.92 Å². The molecule has 1 fully saturated rings. The average Bonchev–Trinajstić information content (AvgIpc) is 2.14. The van der Waals surface area contributed by atoms with Crippen molar-refractivity contribution in [3.63, 3.8) is 0 Å². The lowest BCUT2D eigenvalue weighted by molar-refractivity contribution is 0.233. The smallest absolute Gasteiger partial charge is 0.00159 e. The molecule has 0 bridgehead atoms. The molecule has 1 heteroatoms. The molecular weight excluding hydrogens is 158 g/mol. The van der Waals surface area contributed by atoms with Crippen molar-refractivity contribution in [1.82, 2.24) is 4.90 Å². The Balaban J connectivity index is 2.04. The molecule has 1 aliphatic heterocycles. The van der Waals surface area contributed by atoms with Crippen molar-refractivity contribution in [3.8, 4) is 0 Å². The summed E-state index contributed by atoms with van der Waals surface area (Å²) in [4.78, 5) is 2.59. The van der Waals surface area contributed by atoms with E-state index in [4.69, 9.17) is 0 Å². The summed E-state index contributed by atoms with van der Waals surface area (Å²) in [5.41, 5.74) is 0. The topological polar surface area (TPSA) is 3.24 Å². The van der Waals surface area contributed by atoms with Crippen molar-refractivity contribution >= 4 is 0 Å². The zero-order chi connectivity index (χ0) is 9.52. The highest BCUT2D eigenvalue weighted by Gasteiger charge is 2.07. The Kier molecular flexibility index (Phi) is 5.14. The summed E-state index contributed by atoms with van der Waals surface area (Å²) in [7, 11) is 0. The fourth-order valence-corrected chi connectivity index (χ4v) is 1.81. The molecule has 0 aromatic carbocycles. The van der Waals surface area contributed by atoms with Gasteiger partial charge in [-0.2, -0.15) is 0 Å². The molecule has 76 valence electrons. The van der Waals surface area contributed by atoms with Gasteiger partial charge >= 0.3 is 0 Å². The molecule has 0 saturated carbocycles. The lowest BCUT2D eigenvalue weighted by Crippen LogP contribution is -2.30. The first-order valence-electron chi connectivity index (χ1n) is 5.68. The lowest BCUT2D eigenvalue weighted by Gasteiger charge is -2.25. The second-order valence-corrected chi connectivity index (χ2v) is 4.36. The van der Waals surface area contributed by atoms with Crippen LogP contribution in [0.2, 0.25) is 0 Å². The Morgan fingerprint density at radius 2 is 1.85 bits per heavy atom. The van der Waals surface area contributed by atoms with Gasteiger partial charge in [0.15, 0.2) is 0 Å². The van der Waals surface area contributed by atoms with E-state index in [9.17, 15) is 0 Å². The summed E-state index contributed by atoms with van der Waals surface area (Å²) in [5, 5.41) is 0. The van der Waals surface area contributed by atoms with Crippen LogP contribution in [0.25, 0.3) is 0 Å². The van der Waals surface area contributed by atoms with Crippen molar-refractivity contribution in [1.29, 1.82) is 0 Å². The second kappa shape index (κ2) is 6.20. The van der Waals surface area contributed by atoms with Crippen LogP contribution in [0.3, 0.4) is 0 Å². The largest absolute Gasteiger partial charge is 0.303 e. The van der Waals surface area contributed by atoms with Gasteiger partial charge in [-0.3, -0.25) is 0 Å². The van der Waals surface area contributed by atoms with Crippen molar-refractivity contribution < 1.29 is 0 Å². The summed E-state index contributed by atoms with van der Waals surface area (Å²) >= 11 is 0. The molecule has 1 heterocycles. The molecule has 0 spiro atoms. The van der Waals surface area contributed by atoms with Gasteiger partial charge in [-0.05, 0) is 38.3 Å². The molecule has 1 aliphatic rings. The van der Waals surface area contributed by atoms with Crippen LogP contribution in [0.1, 0.15) is 39.5 Å². The Morgan fingerprint density at radius 1 is 1.15 bits per heavy atom. The molecule has 0 N–H and O–H groups in total. The molecular formula is C12H23N. The lowest BCUT2D eigenvalue weighted by atomic mass is 10.1. The van der Waals surface area contributed by atoms with Crippen molar-refractivity contribution in [2.24, 2.45) is 5.92 Å². The van der Waals surface area contributed by atoms with Crippen LogP contribution in [0.15, 0.2) is 12.2 Å². The number of rotatable bonds is 4. The van der Waals surface area contributed by atoms with Gasteiger partial charge in [0, 0.05) is 6.54 Å². The maximum Gasteiger partial charge on any atom is 0.00159 e. The van der Waals surface area contributed by atoms with Gasteiger partial charge in [-0.25, -0.2) is 0 Å². The highest BCUT2D eigenvalue weighted by atomic mass is 15.1. The zero-order valence-electron chi connectivity index (χ0n) is 9.13. The van der Waals surface area contributed by atoms with Gasteiger partial charge in [0.05, 0.1) is 0 Å². The highest BCUT2D eigenvalue weighted by Crippen LogP contribution is 2.08. The number of nitrogens with zero attached hydrogens (tertiary/aromatic N) is 1. The van der Waals surface area contributed by atoms with Gasteiger partial charge in [-0.15, -0.1) is 0 Å². The fourth-order valence-electron chi connectivity index (χ4n) is 1.81. The van der Waals surface area contributed by atoms with Gasteiger partial charge in [-0.1, -0.05) is 32.4 Å². The minimum Gasteiger partial charge on any atom is -0.303 e. The number of allylic oxidation sites excluding steroid dienone is 1. The minimum atomic E-state index is 0.710. The molecule has 0 atom stereocenters. The van der Waals surface area contributed by atoms with Crippen LogP contribution in [0.4, 0.5) is 0 Å². The van der Waals surface area contributed by atoms with E-state index in [0.717, 1.165) is 0 Å². The normalized spacial score (nSPS) is 20.2. The van der Waals surface area contributed by atoms with Crippen molar-refractivity contribution in [2.45, 2.75) is 39.5 Å². The molecule has 0 aromatic rings. The maximum absolute atomic E-state index is 2.59. The third kappa shape index (κ3) is 5.09. The Morgan fingerprint density at radius 3 is 2.46 bits per heavy atom. The van der Waals surface area contributed by atoms with E-state index in [1.165, 1.54) is 45.3 Å². The molecule has 0 amide bonds. The van der Waals surface area contributed by atoms with Gasteiger partial charge < -0.3 is 4.90 Å². The van der Waals surface area contributed by atoms with E-state index >= 15 is 0 Å². The molecule has 0 aromatic heterocycles. The van der Waals surface area contributed by atoms with E-state index in [-0.39, 0.29) is 0 Å². The predicted molar refractivity (Wildman–Crippen MR) is 58.9 cm³/mol. The third-order valence-corrected chi connectivity index (χ3v) is 2.58. The SMILES string of the molecule is CC(C)/C=C/CCN1CCCCC1. The molecule has 0 radical (unpaired) electrons. The highest BCUT2D eigenvalue weighted by molar-refractivity contribution is 4.85.